The summed E-state index contributed by atoms with van der Waals surface area (Å²) in [6.45, 7) is 0.753. The molecule has 0 saturated heterocycles. The highest BCUT2D eigenvalue weighted by Gasteiger charge is 2.16. The van der Waals surface area contributed by atoms with Crippen LogP contribution >= 0.6 is 11.8 Å². The summed E-state index contributed by atoms with van der Waals surface area (Å²) < 4.78 is 1.80. The molecule has 0 radical (unpaired) electrons. The van der Waals surface area contributed by atoms with Crippen LogP contribution in [0.1, 0.15) is 11.6 Å². The topological polar surface area (TPSA) is 58.9 Å². The Hall–Kier alpha value is -2.12. The number of anilines is 1. The van der Waals surface area contributed by atoms with Crippen LogP contribution < -0.4 is 5.32 Å². The number of likely N-dealkylation sites (N-methyl/N-ethyl adjacent to an activating group) is 1. The maximum absolute atomic E-state index is 4.39. The molecule has 6 nitrogen and oxygen atoms in total. The van der Waals surface area contributed by atoms with Crippen molar-refractivity contribution in [2.45, 2.75) is 10.9 Å². The Labute approximate surface area is 146 Å². The molecule has 7 heteroatoms. The zero-order valence-electron chi connectivity index (χ0n) is 14.4. The van der Waals surface area contributed by atoms with Crippen molar-refractivity contribution < 1.29 is 0 Å². The molecular weight excluding hydrogens is 320 g/mol. The van der Waals surface area contributed by atoms with Crippen molar-refractivity contribution in [1.82, 2.24) is 24.6 Å². The number of nitrogens with zero attached hydrogens (tertiary/aromatic N) is 5. The molecule has 0 aliphatic heterocycles. The molecule has 1 aromatic carbocycles. The van der Waals surface area contributed by atoms with E-state index in [1.54, 1.807) is 29.0 Å². The zero-order chi connectivity index (χ0) is 17.1. The summed E-state index contributed by atoms with van der Waals surface area (Å²) in [7, 11) is 6.09. The van der Waals surface area contributed by atoms with E-state index in [0.29, 0.717) is 0 Å². The largest absolute Gasteiger partial charge is 0.366 e. The van der Waals surface area contributed by atoms with Gasteiger partial charge in [0.15, 0.2) is 5.82 Å². The van der Waals surface area contributed by atoms with Gasteiger partial charge in [0.25, 0.3) is 0 Å². The number of thioether (sulfide) groups is 1. The Kier molecular flexibility index (Phi) is 5.01. The number of hydrogen-bond donors (Lipinski definition) is 1. The molecule has 0 aliphatic carbocycles. The van der Waals surface area contributed by atoms with Gasteiger partial charge >= 0.3 is 0 Å². The molecular formula is C17H22N6S. The highest BCUT2D eigenvalue weighted by molar-refractivity contribution is 7.98. The van der Waals surface area contributed by atoms with Gasteiger partial charge in [0.2, 0.25) is 0 Å². The second-order valence-corrected chi connectivity index (χ2v) is 6.74. The molecule has 126 valence electrons. The lowest BCUT2D eigenvalue weighted by molar-refractivity contribution is 0.311. The Morgan fingerprint density at radius 3 is 2.62 bits per heavy atom. The van der Waals surface area contributed by atoms with Gasteiger partial charge in [-0.05, 0) is 38.0 Å². The van der Waals surface area contributed by atoms with Crippen LogP contribution in [0.4, 0.5) is 5.82 Å². The molecule has 0 spiro atoms. The average molecular weight is 342 g/mol. The molecule has 0 aliphatic rings. The van der Waals surface area contributed by atoms with Crippen molar-refractivity contribution in [1.29, 1.82) is 0 Å². The van der Waals surface area contributed by atoms with Gasteiger partial charge in [0.1, 0.15) is 17.4 Å². The quantitative estimate of drug-likeness (QED) is 0.695. The SMILES string of the molecule is CSc1ccc(C(CNc2ncnc3cnn(C)c23)N(C)C)cc1. The minimum Gasteiger partial charge on any atom is -0.366 e. The van der Waals surface area contributed by atoms with Crippen LogP contribution in [-0.4, -0.2) is 51.5 Å². The number of nitrogens with one attached hydrogen (secondary N) is 1. The summed E-state index contributed by atoms with van der Waals surface area (Å²) in [6.07, 6.45) is 5.42. The standard InChI is InChI=1S/C17H22N6S/c1-22(2)15(12-5-7-13(24-4)8-6-12)10-18-17-16-14(19-11-20-17)9-21-23(16)3/h5-9,11,15H,10H2,1-4H3,(H,18,19,20). The maximum atomic E-state index is 4.39. The predicted octanol–water partition coefficient (Wildman–Crippen LogP) is 2.80. The third-order valence-corrected chi connectivity index (χ3v) is 4.86. The fourth-order valence-electron chi connectivity index (χ4n) is 2.75. The van der Waals surface area contributed by atoms with Crippen LogP contribution in [0.2, 0.25) is 0 Å². The van der Waals surface area contributed by atoms with Crippen LogP contribution in [0.25, 0.3) is 11.0 Å². The minimum atomic E-state index is 0.249. The number of fused-ring (bicyclic) bond motifs is 1. The molecule has 1 N–H and O–H groups in total. The third kappa shape index (κ3) is 3.37. The fraction of sp³-hybridized carbons (Fsp3) is 0.353. The Bertz CT molecular complexity index is 812. The number of hydrogen-bond acceptors (Lipinski definition) is 6. The second-order valence-electron chi connectivity index (χ2n) is 5.86. The van der Waals surface area contributed by atoms with E-state index in [2.05, 4.69) is 69.9 Å². The van der Waals surface area contributed by atoms with E-state index in [1.807, 2.05) is 7.05 Å². The summed E-state index contributed by atoms with van der Waals surface area (Å²) >= 11 is 1.76. The van der Waals surface area contributed by atoms with E-state index in [9.17, 15) is 0 Å². The summed E-state index contributed by atoms with van der Waals surface area (Å²) in [5.41, 5.74) is 3.05. The number of benzene rings is 1. The van der Waals surface area contributed by atoms with E-state index < -0.39 is 0 Å². The van der Waals surface area contributed by atoms with Crippen molar-refractivity contribution in [3.63, 3.8) is 0 Å². The molecule has 2 aromatic heterocycles. The van der Waals surface area contributed by atoms with Gasteiger partial charge in [-0.3, -0.25) is 4.68 Å². The number of aromatic nitrogens is 4. The van der Waals surface area contributed by atoms with E-state index in [4.69, 9.17) is 0 Å². The van der Waals surface area contributed by atoms with Crippen LogP contribution in [0.15, 0.2) is 41.7 Å². The average Bonchev–Trinajstić information content (AvgIpc) is 2.97. The van der Waals surface area contributed by atoms with E-state index in [0.717, 1.165) is 23.4 Å². The van der Waals surface area contributed by atoms with Gasteiger partial charge < -0.3 is 10.2 Å². The minimum absolute atomic E-state index is 0.249. The summed E-state index contributed by atoms with van der Waals surface area (Å²) in [6, 6.07) is 8.97. The van der Waals surface area contributed by atoms with Crippen LogP contribution in [0.3, 0.4) is 0 Å². The molecule has 0 bridgehead atoms. The van der Waals surface area contributed by atoms with E-state index >= 15 is 0 Å². The first-order valence-electron chi connectivity index (χ1n) is 7.77. The Morgan fingerprint density at radius 2 is 1.96 bits per heavy atom. The molecule has 1 unspecified atom stereocenters. The van der Waals surface area contributed by atoms with Gasteiger partial charge in [-0.25, -0.2) is 9.97 Å². The summed E-state index contributed by atoms with van der Waals surface area (Å²) in [5.74, 6) is 0.813. The summed E-state index contributed by atoms with van der Waals surface area (Å²) in [4.78, 5) is 12.1. The zero-order valence-corrected chi connectivity index (χ0v) is 15.2. The fourth-order valence-corrected chi connectivity index (χ4v) is 3.16. The predicted molar refractivity (Wildman–Crippen MR) is 99.4 cm³/mol. The van der Waals surface area contributed by atoms with Crippen molar-refractivity contribution in [3.05, 3.63) is 42.4 Å². The van der Waals surface area contributed by atoms with Crippen molar-refractivity contribution in [2.24, 2.45) is 7.05 Å². The normalized spacial score (nSPS) is 12.7. The molecule has 0 fully saturated rings. The van der Waals surface area contributed by atoms with Crippen molar-refractivity contribution >= 4 is 28.6 Å². The van der Waals surface area contributed by atoms with Crippen molar-refractivity contribution in [2.75, 3.05) is 32.2 Å². The molecule has 2 heterocycles. The first-order valence-corrected chi connectivity index (χ1v) is 8.99. The van der Waals surface area contributed by atoms with E-state index in [1.165, 1.54) is 10.5 Å². The first kappa shape index (κ1) is 16.7. The third-order valence-electron chi connectivity index (χ3n) is 4.11. The smallest absolute Gasteiger partial charge is 0.155 e. The van der Waals surface area contributed by atoms with Gasteiger partial charge in [0.05, 0.1) is 12.2 Å². The van der Waals surface area contributed by atoms with Gasteiger partial charge in [-0.15, -0.1) is 11.8 Å². The lowest BCUT2D eigenvalue weighted by Gasteiger charge is -2.25. The molecule has 3 rings (SSSR count). The Balaban J connectivity index is 1.82. The molecule has 1 atom stereocenters. The second kappa shape index (κ2) is 7.19. The van der Waals surface area contributed by atoms with Gasteiger partial charge in [-0.1, -0.05) is 12.1 Å². The van der Waals surface area contributed by atoms with Gasteiger partial charge in [0, 0.05) is 18.5 Å². The van der Waals surface area contributed by atoms with Crippen LogP contribution in [0, 0.1) is 0 Å². The first-order chi connectivity index (χ1) is 11.6. The highest BCUT2D eigenvalue weighted by atomic mass is 32.2. The van der Waals surface area contributed by atoms with E-state index in [-0.39, 0.29) is 6.04 Å². The summed E-state index contributed by atoms with van der Waals surface area (Å²) in [5, 5.41) is 7.72. The van der Waals surface area contributed by atoms with Crippen molar-refractivity contribution in [3.8, 4) is 0 Å². The monoisotopic (exact) mass is 342 g/mol. The Morgan fingerprint density at radius 1 is 1.21 bits per heavy atom. The number of aryl methyl sites for hydroxylation is 1. The molecule has 24 heavy (non-hydrogen) atoms. The van der Waals surface area contributed by atoms with Gasteiger partial charge in [-0.2, -0.15) is 5.10 Å². The highest BCUT2D eigenvalue weighted by Crippen LogP contribution is 2.24. The molecule has 0 saturated carbocycles. The van der Waals surface area contributed by atoms with Crippen LogP contribution in [0.5, 0.6) is 0 Å². The molecule has 3 aromatic rings. The number of rotatable bonds is 6. The lowest BCUT2D eigenvalue weighted by Crippen LogP contribution is -2.27. The maximum Gasteiger partial charge on any atom is 0.155 e. The lowest BCUT2D eigenvalue weighted by atomic mass is 10.1. The van der Waals surface area contributed by atoms with Crippen LogP contribution in [-0.2, 0) is 7.05 Å². The molecule has 0 amide bonds.